The normalized spacial score (nSPS) is 10.7. The Hall–Kier alpha value is -2.89. The number of amides is 1. The average molecular weight is 253 g/mol. The number of pyridine rings is 1. The Kier molecular flexibility index (Phi) is 2.42. The van der Waals surface area contributed by atoms with E-state index in [-0.39, 0.29) is 0 Å². The van der Waals surface area contributed by atoms with E-state index >= 15 is 0 Å². The molecule has 0 aliphatic carbocycles. The third-order valence-corrected chi connectivity index (χ3v) is 2.85. The summed E-state index contributed by atoms with van der Waals surface area (Å²) in [4.78, 5) is 15.8. The minimum atomic E-state index is -0.553. The fourth-order valence-electron chi connectivity index (χ4n) is 2.02. The third kappa shape index (κ3) is 1.79. The van der Waals surface area contributed by atoms with Crippen LogP contribution in [0.1, 0.15) is 10.4 Å². The Morgan fingerprint density at radius 1 is 1.21 bits per heavy atom. The predicted molar refractivity (Wildman–Crippen MR) is 71.8 cm³/mol. The van der Waals surface area contributed by atoms with Crippen LogP contribution in [0.2, 0.25) is 0 Å². The smallest absolute Gasteiger partial charge is 0.252 e. The Morgan fingerprint density at radius 2 is 2.00 bits per heavy atom. The maximum absolute atomic E-state index is 11.6. The molecule has 0 spiro atoms. The first-order valence-electron chi connectivity index (χ1n) is 5.66. The lowest BCUT2D eigenvalue weighted by molar-refractivity contribution is 0.1000. The summed E-state index contributed by atoms with van der Waals surface area (Å²) < 4.78 is 1.54. The zero-order valence-corrected chi connectivity index (χ0v) is 9.95. The van der Waals surface area contributed by atoms with Crippen LogP contribution < -0.4 is 11.5 Å². The lowest BCUT2D eigenvalue weighted by atomic mass is 10.1. The summed E-state index contributed by atoms with van der Waals surface area (Å²) in [5.41, 5.74) is 12.7. The second kappa shape index (κ2) is 4.09. The third-order valence-electron chi connectivity index (χ3n) is 2.85. The molecule has 0 fully saturated rings. The van der Waals surface area contributed by atoms with Crippen molar-refractivity contribution in [2.45, 2.75) is 0 Å². The molecule has 3 aromatic rings. The quantitative estimate of drug-likeness (QED) is 0.714. The van der Waals surface area contributed by atoms with Crippen LogP contribution in [0.15, 0.2) is 42.7 Å². The molecule has 0 bridgehead atoms. The van der Waals surface area contributed by atoms with Gasteiger partial charge in [0.15, 0.2) is 0 Å². The van der Waals surface area contributed by atoms with Gasteiger partial charge in [-0.3, -0.25) is 9.78 Å². The van der Waals surface area contributed by atoms with Crippen LogP contribution in [0, 0.1) is 0 Å². The van der Waals surface area contributed by atoms with Crippen molar-refractivity contribution in [3.8, 4) is 5.69 Å². The SMILES string of the molecule is NC(=O)c1cnc2ccccc2c1-n1ccc(N)n1. The molecule has 2 aromatic heterocycles. The molecular weight excluding hydrogens is 242 g/mol. The van der Waals surface area contributed by atoms with Gasteiger partial charge in [-0.2, -0.15) is 5.10 Å². The van der Waals surface area contributed by atoms with Gasteiger partial charge in [0.25, 0.3) is 5.91 Å². The molecule has 0 aliphatic heterocycles. The van der Waals surface area contributed by atoms with Crippen LogP contribution in [0.3, 0.4) is 0 Å². The highest BCUT2D eigenvalue weighted by atomic mass is 16.1. The van der Waals surface area contributed by atoms with E-state index in [1.165, 1.54) is 6.20 Å². The fraction of sp³-hybridized carbons (Fsp3) is 0. The minimum absolute atomic E-state index is 0.307. The van der Waals surface area contributed by atoms with Crippen LogP contribution in [-0.4, -0.2) is 20.7 Å². The van der Waals surface area contributed by atoms with Gasteiger partial charge in [0.2, 0.25) is 0 Å². The number of rotatable bonds is 2. The van der Waals surface area contributed by atoms with Crippen LogP contribution in [-0.2, 0) is 0 Å². The van der Waals surface area contributed by atoms with Gasteiger partial charge in [0, 0.05) is 23.8 Å². The van der Waals surface area contributed by atoms with E-state index in [4.69, 9.17) is 11.5 Å². The molecule has 19 heavy (non-hydrogen) atoms. The number of nitrogen functional groups attached to an aromatic ring is 1. The van der Waals surface area contributed by atoms with Gasteiger partial charge in [-0.25, -0.2) is 4.68 Å². The number of primary amides is 1. The van der Waals surface area contributed by atoms with Gasteiger partial charge in [0.05, 0.1) is 16.8 Å². The van der Waals surface area contributed by atoms with E-state index in [0.29, 0.717) is 17.1 Å². The van der Waals surface area contributed by atoms with Gasteiger partial charge in [-0.15, -0.1) is 0 Å². The monoisotopic (exact) mass is 253 g/mol. The predicted octanol–water partition coefficient (Wildman–Crippen LogP) is 1.10. The zero-order valence-electron chi connectivity index (χ0n) is 9.95. The molecule has 6 heteroatoms. The summed E-state index contributed by atoms with van der Waals surface area (Å²) in [6, 6.07) is 9.12. The lowest BCUT2D eigenvalue weighted by Gasteiger charge is -2.10. The Balaban J connectivity index is 2.41. The number of nitrogens with two attached hydrogens (primary N) is 2. The van der Waals surface area contributed by atoms with E-state index in [1.54, 1.807) is 16.9 Å². The van der Waals surface area contributed by atoms with E-state index in [1.807, 2.05) is 24.3 Å². The number of carbonyl (C=O) groups excluding carboxylic acids is 1. The molecule has 1 aromatic carbocycles. The van der Waals surface area contributed by atoms with Crippen molar-refractivity contribution >= 4 is 22.6 Å². The maximum atomic E-state index is 11.6. The Morgan fingerprint density at radius 3 is 2.68 bits per heavy atom. The maximum Gasteiger partial charge on any atom is 0.252 e. The van der Waals surface area contributed by atoms with Gasteiger partial charge in [-0.1, -0.05) is 18.2 Å². The van der Waals surface area contributed by atoms with Crippen molar-refractivity contribution in [1.82, 2.24) is 14.8 Å². The highest BCUT2D eigenvalue weighted by Gasteiger charge is 2.15. The number of nitrogens with zero attached hydrogens (tertiary/aromatic N) is 3. The van der Waals surface area contributed by atoms with Crippen LogP contribution in [0.4, 0.5) is 5.82 Å². The lowest BCUT2D eigenvalue weighted by Crippen LogP contribution is -2.16. The Bertz CT molecular complexity index is 778. The molecule has 3 rings (SSSR count). The topological polar surface area (TPSA) is 99.8 Å². The molecule has 0 radical (unpaired) electrons. The van der Waals surface area contributed by atoms with Crippen molar-refractivity contribution in [3.63, 3.8) is 0 Å². The van der Waals surface area contributed by atoms with Gasteiger partial charge in [-0.05, 0) is 6.07 Å². The van der Waals surface area contributed by atoms with Crippen molar-refractivity contribution in [2.24, 2.45) is 5.73 Å². The molecule has 0 saturated heterocycles. The van der Waals surface area contributed by atoms with E-state index in [2.05, 4.69) is 10.1 Å². The van der Waals surface area contributed by atoms with Gasteiger partial charge < -0.3 is 11.5 Å². The summed E-state index contributed by atoms with van der Waals surface area (Å²) in [5.74, 6) is -0.182. The summed E-state index contributed by atoms with van der Waals surface area (Å²) in [5, 5.41) is 4.93. The molecule has 6 nitrogen and oxygen atoms in total. The van der Waals surface area contributed by atoms with E-state index in [9.17, 15) is 4.79 Å². The molecule has 2 heterocycles. The number of carbonyl (C=O) groups is 1. The molecule has 0 unspecified atom stereocenters. The average Bonchev–Trinajstić information content (AvgIpc) is 2.83. The molecular formula is C13H11N5O. The molecule has 1 amide bonds. The second-order valence-electron chi connectivity index (χ2n) is 4.09. The van der Waals surface area contributed by atoms with Crippen molar-refractivity contribution < 1.29 is 4.79 Å². The number of fused-ring (bicyclic) bond motifs is 1. The van der Waals surface area contributed by atoms with E-state index < -0.39 is 5.91 Å². The van der Waals surface area contributed by atoms with Crippen molar-refractivity contribution in [2.75, 3.05) is 5.73 Å². The highest BCUT2D eigenvalue weighted by Crippen LogP contribution is 2.24. The summed E-state index contributed by atoms with van der Waals surface area (Å²) in [6.45, 7) is 0. The number of hydrogen-bond donors (Lipinski definition) is 2. The molecule has 0 saturated carbocycles. The fourth-order valence-corrected chi connectivity index (χ4v) is 2.02. The van der Waals surface area contributed by atoms with Crippen molar-refractivity contribution in [1.29, 1.82) is 0 Å². The van der Waals surface area contributed by atoms with E-state index in [0.717, 1.165) is 10.9 Å². The number of aromatic nitrogens is 3. The number of anilines is 1. The highest BCUT2D eigenvalue weighted by molar-refractivity contribution is 6.03. The van der Waals surface area contributed by atoms with Crippen molar-refractivity contribution in [3.05, 3.63) is 48.3 Å². The first kappa shape index (κ1) is 11.2. The number of hydrogen-bond acceptors (Lipinski definition) is 4. The Labute approximate surface area is 108 Å². The minimum Gasteiger partial charge on any atom is -0.382 e. The van der Waals surface area contributed by atoms with Crippen LogP contribution >= 0.6 is 0 Å². The largest absolute Gasteiger partial charge is 0.382 e. The first-order valence-corrected chi connectivity index (χ1v) is 5.66. The van der Waals surface area contributed by atoms with Crippen LogP contribution in [0.5, 0.6) is 0 Å². The molecule has 0 aliphatic rings. The summed E-state index contributed by atoms with van der Waals surface area (Å²) in [6.07, 6.45) is 3.14. The molecule has 94 valence electrons. The molecule has 0 atom stereocenters. The summed E-state index contributed by atoms with van der Waals surface area (Å²) >= 11 is 0. The first-order chi connectivity index (χ1) is 9.16. The number of benzene rings is 1. The molecule has 4 N–H and O–H groups in total. The standard InChI is InChI=1S/C13H11N5O/c14-11-5-6-18(17-11)12-8-3-1-2-4-10(8)16-7-9(12)13(15)19/h1-7H,(H2,14,17)(H2,15,19). The van der Waals surface area contributed by atoms with Crippen LogP contribution in [0.25, 0.3) is 16.6 Å². The number of para-hydroxylation sites is 1. The zero-order chi connectivity index (χ0) is 13.4. The van der Waals surface area contributed by atoms with Gasteiger partial charge >= 0.3 is 0 Å². The summed E-state index contributed by atoms with van der Waals surface area (Å²) in [7, 11) is 0. The van der Waals surface area contributed by atoms with Gasteiger partial charge in [0.1, 0.15) is 5.82 Å². The second-order valence-corrected chi connectivity index (χ2v) is 4.09.